The molecule has 2 aromatic rings. The fraction of sp³-hybridized carbons (Fsp3) is 0.375. The van der Waals surface area contributed by atoms with Gasteiger partial charge in [-0.3, -0.25) is 0 Å². The highest BCUT2D eigenvalue weighted by molar-refractivity contribution is 7.59. The Balaban J connectivity index is 0.00000200. The van der Waals surface area contributed by atoms with Gasteiger partial charge in [0.15, 0.2) is 0 Å². The van der Waals surface area contributed by atoms with Gasteiger partial charge in [-0.05, 0) is 11.5 Å². The Morgan fingerprint density at radius 1 is 1.10 bits per heavy atom. The predicted octanol–water partition coefficient (Wildman–Crippen LogP) is 3.11. The molecule has 21 heavy (non-hydrogen) atoms. The van der Waals surface area contributed by atoms with Gasteiger partial charge in [-0.15, -0.1) is 12.4 Å². The lowest BCUT2D eigenvalue weighted by atomic mass is 10.1. The first kappa shape index (κ1) is 20.1. The van der Waals surface area contributed by atoms with E-state index in [1.165, 1.54) is 0 Å². The minimum absolute atomic E-state index is 0. The van der Waals surface area contributed by atoms with Crippen LogP contribution in [0.1, 0.15) is 13.8 Å². The van der Waals surface area contributed by atoms with Gasteiger partial charge in [0.2, 0.25) is 0 Å². The molecule has 0 bridgehead atoms. The van der Waals surface area contributed by atoms with Crippen LogP contribution in [-0.2, 0) is 0 Å². The Morgan fingerprint density at radius 3 is 2.48 bits per heavy atom. The van der Waals surface area contributed by atoms with Gasteiger partial charge in [0.1, 0.15) is 18.5 Å². The van der Waals surface area contributed by atoms with Gasteiger partial charge in [-0.1, -0.05) is 50.2 Å². The first-order chi connectivity index (χ1) is 9.16. The summed E-state index contributed by atoms with van der Waals surface area (Å²) >= 11 is 0. The standard InChI is InChI=1S/C16H21NO2.ClH.H2S/c1-12(2)17-10-14(18)11-19-16-9-5-7-13-6-3-4-8-15(13)16;;/h3-9,12,14,17-18H,10-11H2,1-2H3;1H;1H2. The summed E-state index contributed by atoms with van der Waals surface area (Å²) in [7, 11) is 0. The fourth-order valence-electron chi connectivity index (χ4n) is 1.94. The van der Waals surface area contributed by atoms with Gasteiger partial charge in [-0.2, -0.15) is 13.5 Å². The quantitative estimate of drug-likeness (QED) is 0.855. The van der Waals surface area contributed by atoms with Crippen molar-refractivity contribution in [3.63, 3.8) is 0 Å². The molecular formula is C16H24ClNO2S. The molecular weight excluding hydrogens is 306 g/mol. The van der Waals surface area contributed by atoms with Gasteiger partial charge in [0.05, 0.1) is 0 Å². The first-order valence-electron chi connectivity index (χ1n) is 6.69. The number of halogens is 1. The number of benzene rings is 2. The van der Waals surface area contributed by atoms with E-state index in [1.807, 2.05) is 30.3 Å². The van der Waals surface area contributed by atoms with Gasteiger partial charge < -0.3 is 15.2 Å². The van der Waals surface area contributed by atoms with Gasteiger partial charge >= 0.3 is 0 Å². The predicted molar refractivity (Wildman–Crippen MR) is 96.2 cm³/mol. The lowest BCUT2D eigenvalue weighted by molar-refractivity contribution is 0.105. The van der Waals surface area contributed by atoms with E-state index in [2.05, 4.69) is 31.3 Å². The number of hydrogen-bond acceptors (Lipinski definition) is 3. The van der Waals surface area contributed by atoms with Crippen molar-refractivity contribution in [3.8, 4) is 5.75 Å². The van der Waals surface area contributed by atoms with E-state index in [0.29, 0.717) is 19.2 Å². The van der Waals surface area contributed by atoms with Crippen LogP contribution in [0.5, 0.6) is 5.75 Å². The van der Waals surface area contributed by atoms with Crippen molar-refractivity contribution in [2.75, 3.05) is 13.2 Å². The molecule has 3 nitrogen and oxygen atoms in total. The summed E-state index contributed by atoms with van der Waals surface area (Å²) in [5.41, 5.74) is 0. The zero-order chi connectivity index (χ0) is 13.7. The molecule has 2 rings (SSSR count). The number of fused-ring (bicyclic) bond motifs is 1. The van der Waals surface area contributed by atoms with Gasteiger partial charge in [-0.25, -0.2) is 0 Å². The topological polar surface area (TPSA) is 41.5 Å². The third-order valence-electron chi connectivity index (χ3n) is 2.94. The zero-order valence-electron chi connectivity index (χ0n) is 12.4. The molecule has 1 unspecified atom stereocenters. The van der Waals surface area contributed by atoms with Crippen LogP contribution < -0.4 is 10.1 Å². The normalized spacial score (nSPS) is 11.6. The number of ether oxygens (including phenoxy) is 1. The Labute approximate surface area is 139 Å². The molecule has 0 saturated heterocycles. The molecule has 0 amide bonds. The molecule has 0 aliphatic rings. The van der Waals surface area contributed by atoms with Crippen LogP contribution in [0.3, 0.4) is 0 Å². The van der Waals surface area contributed by atoms with Crippen LogP contribution in [0.2, 0.25) is 0 Å². The van der Waals surface area contributed by atoms with E-state index in [-0.39, 0.29) is 25.9 Å². The van der Waals surface area contributed by atoms with Crippen LogP contribution in [0.4, 0.5) is 0 Å². The van der Waals surface area contributed by atoms with E-state index in [9.17, 15) is 5.11 Å². The molecule has 1 atom stereocenters. The average Bonchev–Trinajstić information content (AvgIpc) is 2.42. The highest BCUT2D eigenvalue weighted by Gasteiger charge is 2.07. The number of rotatable bonds is 6. The van der Waals surface area contributed by atoms with Crippen LogP contribution in [-0.4, -0.2) is 30.4 Å². The third kappa shape index (κ3) is 6.14. The second-order valence-electron chi connectivity index (χ2n) is 5.01. The van der Waals surface area contributed by atoms with Crippen LogP contribution >= 0.6 is 25.9 Å². The van der Waals surface area contributed by atoms with Crippen LogP contribution in [0, 0.1) is 0 Å². The Hall–Kier alpha value is -0.940. The Kier molecular flexibility index (Phi) is 9.46. The number of hydrogen-bond donors (Lipinski definition) is 2. The number of aliphatic hydroxyl groups is 1. The molecule has 2 aromatic carbocycles. The molecule has 0 heterocycles. The second kappa shape index (κ2) is 9.90. The van der Waals surface area contributed by atoms with E-state index in [1.54, 1.807) is 0 Å². The molecule has 118 valence electrons. The minimum atomic E-state index is -0.499. The minimum Gasteiger partial charge on any atom is -0.490 e. The third-order valence-corrected chi connectivity index (χ3v) is 2.94. The van der Waals surface area contributed by atoms with E-state index in [4.69, 9.17) is 4.74 Å². The Bertz CT molecular complexity index is 531. The van der Waals surface area contributed by atoms with Crippen LogP contribution in [0.15, 0.2) is 42.5 Å². The second-order valence-corrected chi connectivity index (χ2v) is 5.01. The van der Waals surface area contributed by atoms with Crippen molar-refractivity contribution < 1.29 is 9.84 Å². The summed E-state index contributed by atoms with van der Waals surface area (Å²) < 4.78 is 5.72. The molecule has 5 heteroatoms. The van der Waals surface area contributed by atoms with E-state index in [0.717, 1.165) is 16.5 Å². The largest absolute Gasteiger partial charge is 0.490 e. The highest BCUT2D eigenvalue weighted by atomic mass is 35.5. The van der Waals surface area contributed by atoms with Crippen molar-refractivity contribution in [1.29, 1.82) is 0 Å². The maximum Gasteiger partial charge on any atom is 0.127 e. The summed E-state index contributed by atoms with van der Waals surface area (Å²) in [6.07, 6.45) is -0.499. The molecule has 0 aliphatic carbocycles. The summed E-state index contributed by atoms with van der Waals surface area (Å²) in [6.45, 7) is 4.95. The molecule has 0 fully saturated rings. The fourth-order valence-corrected chi connectivity index (χ4v) is 1.94. The van der Waals surface area contributed by atoms with E-state index >= 15 is 0 Å². The zero-order valence-corrected chi connectivity index (χ0v) is 14.2. The maximum atomic E-state index is 9.84. The molecule has 0 aliphatic heterocycles. The molecule has 0 aromatic heterocycles. The Morgan fingerprint density at radius 2 is 1.76 bits per heavy atom. The van der Waals surface area contributed by atoms with Crippen molar-refractivity contribution >= 4 is 36.7 Å². The van der Waals surface area contributed by atoms with Crippen molar-refractivity contribution in [2.45, 2.75) is 26.0 Å². The lowest BCUT2D eigenvalue weighted by Gasteiger charge is -2.15. The van der Waals surface area contributed by atoms with Crippen molar-refractivity contribution in [2.24, 2.45) is 0 Å². The number of aliphatic hydroxyl groups excluding tert-OH is 1. The first-order valence-corrected chi connectivity index (χ1v) is 6.69. The monoisotopic (exact) mass is 329 g/mol. The summed E-state index contributed by atoms with van der Waals surface area (Å²) in [5, 5.41) is 15.3. The van der Waals surface area contributed by atoms with Gasteiger partial charge in [0.25, 0.3) is 0 Å². The van der Waals surface area contributed by atoms with Crippen molar-refractivity contribution in [1.82, 2.24) is 5.32 Å². The summed E-state index contributed by atoms with van der Waals surface area (Å²) in [6, 6.07) is 14.4. The summed E-state index contributed by atoms with van der Waals surface area (Å²) in [4.78, 5) is 0. The highest BCUT2D eigenvalue weighted by Crippen LogP contribution is 2.25. The smallest absolute Gasteiger partial charge is 0.127 e. The lowest BCUT2D eigenvalue weighted by Crippen LogP contribution is -2.35. The number of nitrogens with one attached hydrogen (secondary N) is 1. The maximum absolute atomic E-state index is 9.84. The van der Waals surface area contributed by atoms with Crippen molar-refractivity contribution in [3.05, 3.63) is 42.5 Å². The van der Waals surface area contributed by atoms with E-state index < -0.39 is 6.10 Å². The molecule has 0 spiro atoms. The average molecular weight is 330 g/mol. The van der Waals surface area contributed by atoms with Gasteiger partial charge in [0, 0.05) is 18.0 Å². The van der Waals surface area contributed by atoms with Crippen LogP contribution in [0.25, 0.3) is 10.8 Å². The molecule has 0 saturated carbocycles. The summed E-state index contributed by atoms with van der Waals surface area (Å²) in [5.74, 6) is 0.821. The molecule has 0 radical (unpaired) electrons. The molecule has 2 N–H and O–H groups in total. The SMILES string of the molecule is CC(C)NCC(O)COc1cccc2ccccc12.Cl.S.